The van der Waals surface area contributed by atoms with Crippen LogP contribution in [0.25, 0.3) is 0 Å². The minimum atomic E-state index is -4.52. The van der Waals surface area contributed by atoms with Gasteiger partial charge in [-0.1, -0.05) is 12.1 Å². The zero-order valence-corrected chi connectivity index (χ0v) is 14.0. The van der Waals surface area contributed by atoms with Crippen LogP contribution < -0.4 is 5.32 Å². The van der Waals surface area contributed by atoms with Crippen molar-refractivity contribution >= 4 is 11.9 Å². The van der Waals surface area contributed by atoms with Gasteiger partial charge in [0.15, 0.2) is 0 Å². The van der Waals surface area contributed by atoms with Gasteiger partial charge in [-0.2, -0.15) is 13.2 Å². The minimum absolute atomic E-state index is 0.119. The van der Waals surface area contributed by atoms with Crippen LogP contribution in [0.3, 0.4) is 0 Å². The number of esters is 1. The Morgan fingerprint density at radius 2 is 1.76 bits per heavy atom. The molecule has 1 heterocycles. The Morgan fingerprint density at radius 1 is 1.12 bits per heavy atom. The number of rotatable bonds is 4. The number of aromatic nitrogens is 2. The third-order valence-corrected chi connectivity index (χ3v) is 2.99. The third kappa shape index (κ3) is 5.74. The van der Waals surface area contributed by atoms with Crippen molar-refractivity contribution in [3.63, 3.8) is 0 Å². The van der Waals surface area contributed by atoms with Crippen LogP contribution in [0, 0.1) is 0 Å². The Labute approximate surface area is 143 Å². The van der Waals surface area contributed by atoms with Crippen molar-refractivity contribution < 1.29 is 22.7 Å². The second-order valence-corrected chi connectivity index (χ2v) is 6.32. The lowest BCUT2D eigenvalue weighted by Gasteiger charge is -2.19. The average molecular weight is 353 g/mol. The molecule has 8 heteroatoms. The molecule has 134 valence electrons. The summed E-state index contributed by atoms with van der Waals surface area (Å²) in [7, 11) is 0. The molecule has 0 aliphatic heterocycles. The van der Waals surface area contributed by atoms with E-state index in [0.29, 0.717) is 5.56 Å². The van der Waals surface area contributed by atoms with Gasteiger partial charge in [-0.15, -0.1) is 0 Å². The molecule has 2 rings (SSSR count). The Hall–Kier alpha value is -2.64. The topological polar surface area (TPSA) is 64.1 Å². The average Bonchev–Trinajstić information content (AvgIpc) is 2.51. The van der Waals surface area contributed by atoms with Gasteiger partial charge in [0.05, 0.1) is 5.56 Å². The van der Waals surface area contributed by atoms with Gasteiger partial charge >= 0.3 is 12.1 Å². The number of hydrogen-bond donors (Lipinski definition) is 1. The van der Waals surface area contributed by atoms with Crippen molar-refractivity contribution in [2.45, 2.75) is 39.1 Å². The summed E-state index contributed by atoms with van der Waals surface area (Å²) in [6, 6.07) is 7.36. The first-order valence-electron chi connectivity index (χ1n) is 7.51. The summed E-state index contributed by atoms with van der Waals surface area (Å²) in [6.07, 6.45) is -3.47. The Balaban J connectivity index is 1.99. The predicted molar refractivity (Wildman–Crippen MR) is 86.0 cm³/mol. The molecule has 2 aromatic rings. The van der Waals surface area contributed by atoms with Gasteiger partial charge in [0.25, 0.3) is 0 Å². The smallest absolute Gasteiger partial charge is 0.433 e. The molecule has 0 atom stereocenters. The molecule has 1 aromatic heterocycles. The summed E-state index contributed by atoms with van der Waals surface area (Å²) in [5.74, 6) is -0.556. The quantitative estimate of drug-likeness (QED) is 0.840. The van der Waals surface area contributed by atoms with Crippen molar-refractivity contribution in [3.8, 4) is 0 Å². The second kappa shape index (κ2) is 7.08. The van der Waals surface area contributed by atoms with Gasteiger partial charge < -0.3 is 10.1 Å². The first kappa shape index (κ1) is 18.7. The minimum Gasteiger partial charge on any atom is -0.456 e. The largest absolute Gasteiger partial charge is 0.456 e. The zero-order valence-electron chi connectivity index (χ0n) is 14.0. The van der Waals surface area contributed by atoms with E-state index >= 15 is 0 Å². The van der Waals surface area contributed by atoms with Crippen LogP contribution in [-0.4, -0.2) is 21.5 Å². The Morgan fingerprint density at radius 3 is 2.32 bits per heavy atom. The fourth-order valence-corrected chi connectivity index (χ4v) is 1.88. The zero-order chi connectivity index (χ0) is 18.7. The van der Waals surface area contributed by atoms with Crippen LogP contribution in [-0.2, 0) is 17.5 Å². The van der Waals surface area contributed by atoms with E-state index in [4.69, 9.17) is 4.74 Å². The number of benzene rings is 1. The lowest BCUT2D eigenvalue weighted by atomic mass is 10.1. The highest BCUT2D eigenvalue weighted by Crippen LogP contribution is 2.27. The maximum absolute atomic E-state index is 12.6. The molecular formula is C17H18F3N3O2. The highest BCUT2D eigenvalue weighted by atomic mass is 19.4. The van der Waals surface area contributed by atoms with E-state index in [1.54, 1.807) is 45.0 Å². The number of halogens is 3. The molecule has 1 aromatic carbocycles. The number of ether oxygens (including phenoxy) is 1. The summed E-state index contributed by atoms with van der Waals surface area (Å²) in [6.45, 7) is 5.55. The maximum atomic E-state index is 12.6. The first-order valence-corrected chi connectivity index (χ1v) is 7.51. The van der Waals surface area contributed by atoms with Crippen LogP contribution in [0.5, 0.6) is 0 Å². The van der Waals surface area contributed by atoms with E-state index in [1.165, 1.54) is 0 Å². The number of nitrogens with zero attached hydrogens (tertiary/aromatic N) is 2. The van der Waals surface area contributed by atoms with Gasteiger partial charge in [-0.25, -0.2) is 14.8 Å². The summed E-state index contributed by atoms with van der Waals surface area (Å²) < 4.78 is 43.1. The molecule has 1 N–H and O–H groups in total. The van der Waals surface area contributed by atoms with Gasteiger partial charge in [-0.3, -0.25) is 0 Å². The second-order valence-electron chi connectivity index (χ2n) is 6.32. The summed E-state index contributed by atoms with van der Waals surface area (Å²) in [4.78, 5) is 19.1. The van der Waals surface area contributed by atoms with Gasteiger partial charge in [0.1, 0.15) is 11.3 Å². The lowest BCUT2D eigenvalue weighted by Crippen LogP contribution is -2.23. The van der Waals surface area contributed by atoms with Crippen molar-refractivity contribution in [1.82, 2.24) is 9.97 Å². The van der Waals surface area contributed by atoms with E-state index in [0.717, 1.165) is 17.8 Å². The molecule has 0 aliphatic carbocycles. The van der Waals surface area contributed by atoms with Crippen LogP contribution in [0.2, 0.25) is 0 Å². The summed E-state index contributed by atoms with van der Waals surface area (Å²) in [5.41, 5.74) is -0.439. The molecule has 0 aliphatic rings. The number of anilines is 1. The fourth-order valence-electron chi connectivity index (χ4n) is 1.88. The number of nitrogens with one attached hydrogen (secondary N) is 1. The first-order chi connectivity index (χ1) is 11.5. The van der Waals surface area contributed by atoms with Crippen molar-refractivity contribution in [2.24, 2.45) is 0 Å². The normalized spacial score (nSPS) is 11.9. The molecule has 0 bridgehead atoms. The van der Waals surface area contributed by atoms with Gasteiger partial charge in [-0.05, 0) is 44.5 Å². The lowest BCUT2D eigenvalue weighted by molar-refractivity contribution is -0.141. The monoisotopic (exact) mass is 353 g/mol. The van der Waals surface area contributed by atoms with E-state index in [-0.39, 0.29) is 12.5 Å². The fraction of sp³-hybridized carbons (Fsp3) is 0.353. The Bertz CT molecular complexity index is 738. The highest BCUT2D eigenvalue weighted by Gasteiger charge is 2.32. The molecular weight excluding hydrogens is 335 g/mol. The number of hydrogen-bond acceptors (Lipinski definition) is 5. The van der Waals surface area contributed by atoms with E-state index in [2.05, 4.69) is 15.3 Å². The van der Waals surface area contributed by atoms with Gasteiger partial charge in [0.2, 0.25) is 5.95 Å². The summed E-state index contributed by atoms with van der Waals surface area (Å²) in [5, 5.41) is 2.72. The molecule has 5 nitrogen and oxygen atoms in total. The van der Waals surface area contributed by atoms with Crippen molar-refractivity contribution in [2.75, 3.05) is 5.32 Å². The molecule has 0 saturated heterocycles. The van der Waals surface area contributed by atoms with E-state index in [9.17, 15) is 18.0 Å². The molecule has 0 unspecified atom stereocenters. The standard InChI is InChI=1S/C17H18F3N3O2/c1-16(2,3)25-14(24)12-6-4-11(5-7-12)10-22-15-21-9-8-13(23-15)17(18,19)20/h4-9H,10H2,1-3H3,(H,21,22,23). The number of carbonyl (C=O) groups excluding carboxylic acids is 1. The van der Waals surface area contributed by atoms with E-state index < -0.39 is 23.4 Å². The van der Waals surface area contributed by atoms with Crippen molar-refractivity contribution in [3.05, 3.63) is 53.3 Å². The van der Waals surface area contributed by atoms with Crippen molar-refractivity contribution in [1.29, 1.82) is 0 Å². The van der Waals surface area contributed by atoms with Crippen LogP contribution in [0.15, 0.2) is 36.5 Å². The maximum Gasteiger partial charge on any atom is 0.433 e. The SMILES string of the molecule is CC(C)(C)OC(=O)c1ccc(CNc2nccc(C(F)(F)F)n2)cc1. The van der Waals surface area contributed by atoms with Gasteiger partial charge in [0, 0.05) is 12.7 Å². The molecule has 0 amide bonds. The van der Waals surface area contributed by atoms with Crippen LogP contribution >= 0.6 is 0 Å². The van der Waals surface area contributed by atoms with Crippen LogP contribution in [0.4, 0.5) is 19.1 Å². The predicted octanol–water partition coefficient (Wildman–Crippen LogP) is 4.06. The molecule has 0 radical (unpaired) electrons. The summed E-state index contributed by atoms with van der Waals surface area (Å²) >= 11 is 0. The molecule has 0 fully saturated rings. The molecule has 0 spiro atoms. The van der Waals surface area contributed by atoms with Crippen LogP contribution in [0.1, 0.15) is 42.4 Å². The van der Waals surface area contributed by atoms with E-state index in [1.807, 2.05) is 0 Å². The molecule has 0 saturated carbocycles. The number of carbonyl (C=O) groups is 1. The molecule has 25 heavy (non-hydrogen) atoms. The highest BCUT2D eigenvalue weighted by molar-refractivity contribution is 5.89. The Kier molecular flexibility index (Phi) is 5.30. The third-order valence-electron chi connectivity index (χ3n) is 2.99. The number of alkyl halides is 3.